The molecule has 2 N–H and O–H groups in total. The molecule has 0 radical (unpaired) electrons. The van der Waals surface area contributed by atoms with Gasteiger partial charge in [-0.2, -0.15) is 0 Å². The van der Waals surface area contributed by atoms with Crippen molar-refractivity contribution in [2.24, 2.45) is 5.41 Å². The van der Waals surface area contributed by atoms with E-state index in [1.165, 1.54) is 14.2 Å². The van der Waals surface area contributed by atoms with Gasteiger partial charge in [0.15, 0.2) is 5.78 Å². The number of H-pyrrole nitrogens is 1. The minimum absolute atomic E-state index is 0.0989. The van der Waals surface area contributed by atoms with E-state index < -0.39 is 10.0 Å². The van der Waals surface area contributed by atoms with Gasteiger partial charge in [-0.15, -0.1) is 0 Å². The number of aromatic nitrogens is 1. The fourth-order valence-corrected chi connectivity index (χ4v) is 5.80. The van der Waals surface area contributed by atoms with Crippen LogP contribution in [-0.4, -0.2) is 33.4 Å². The van der Waals surface area contributed by atoms with E-state index in [1.807, 2.05) is 13.0 Å². The molecule has 8 heteroatoms. The molecule has 0 saturated carbocycles. The van der Waals surface area contributed by atoms with Crippen LogP contribution in [0.5, 0.6) is 11.5 Å². The number of hydrogen-bond acceptors (Lipinski definition) is 5. The third kappa shape index (κ3) is 3.95. The van der Waals surface area contributed by atoms with E-state index in [4.69, 9.17) is 9.47 Å². The van der Waals surface area contributed by atoms with Crippen LogP contribution in [0.15, 0.2) is 35.2 Å². The summed E-state index contributed by atoms with van der Waals surface area (Å²) in [6.07, 6.45) is 1.73. The van der Waals surface area contributed by atoms with Crippen molar-refractivity contribution in [3.8, 4) is 11.5 Å². The normalized spacial score (nSPS) is 15.5. The van der Waals surface area contributed by atoms with Crippen molar-refractivity contribution in [2.45, 2.75) is 44.9 Å². The minimum Gasteiger partial charge on any atom is -0.497 e. The fourth-order valence-electron chi connectivity index (χ4n) is 4.44. The first-order valence-corrected chi connectivity index (χ1v) is 12.0. The zero-order valence-corrected chi connectivity index (χ0v) is 19.8. The average Bonchev–Trinajstić information content (AvgIpc) is 3.08. The number of fused-ring (bicyclic) bond motifs is 3. The molecule has 0 bridgehead atoms. The van der Waals surface area contributed by atoms with E-state index in [0.29, 0.717) is 46.7 Å². The number of nitrogens with one attached hydrogen (secondary N) is 2. The summed E-state index contributed by atoms with van der Waals surface area (Å²) in [6.45, 7) is 6.04. The molecule has 0 saturated heterocycles. The zero-order chi connectivity index (χ0) is 23.3. The number of carbonyl (C=O) groups excluding carboxylic acids is 1. The highest BCUT2D eigenvalue weighted by atomic mass is 32.2. The molecule has 1 aromatic heterocycles. The second-order valence-electron chi connectivity index (χ2n) is 8.99. The first-order valence-electron chi connectivity index (χ1n) is 10.5. The van der Waals surface area contributed by atoms with Gasteiger partial charge in [0, 0.05) is 46.8 Å². The Morgan fingerprint density at radius 3 is 2.28 bits per heavy atom. The van der Waals surface area contributed by atoms with Crippen LogP contribution in [0.3, 0.4) is 0 Å². The molecule has 7 nitrogen and oxygen atoms in total. The lowest BCUT2D eigenvalue weighted by molar-refractivity contribution is 0.0913. The van der Waals surface area contributed by atoms with Gasteiger partial charge in [-0.3, -0.25) is 9.52 Å². The van der Waals surface area contributed by atoms with Gasteiger partial charge in [-0.05, 0) is 36.0 Å². The van der Waals surface area contributed by atoms with Crippen molar-refractivity contribution in [2.75, 3.05) is 18.9 Å². The number of benzene rings is 2. The fraction of sp³-hybridized carbons (Fsp3) is 0.375. The van der Waals surface area contributed by atoms with Crippen LogP contribution in [0.2, 0.25) is 0 Å². The molecular weight excluding hydrogens is 428 g/mol. The Kier molecular flexibility index (Phi) is 5.45. The Hall–Kier alpha value is -3.00. The Labute approximate surface area is 188 Å². The molecule has 170 valence electrons. The van der Waals surface area contributed by atoms with Gasteiger partial charge in [0.2, 0.25) is 0 Å². The van der Waals surface area contributed by atoms with Crippen molar-refractivity contribution in [1.29, 1.82) is 0 Å². The van der Waals surface area contributed by atoms with E-state index in [1.54, 1.807) is 24.3 Å². The molecule has 32 heavy (non-hydrogen) atoms. The van der Waals surface area contributed by atoms with Crippen molar-refractivity contribution >= 4 is 32.4 Å². The number of hydrogen-bond donors (Lipinski definition) is 2. The SMILES string of the molecule is CCc1cc2c3c([nH]c2cc1S(=O)(=O)Nc1cc(OC)cc(OC)c1)CC(C)(C)CC3=O. The molecule has 0 atom stereocenters. The maximum Gasteiger partial charge on any atom is 0.262 e. The lowest BCUT2D eigenvalue weighted by atomic mass is 9.76. The average molecular weight is 457 g/mol. The number of anilines is 1. The van der Waals surface area contributed by atoms with Crippen molar-refractivity contribution in [3.63, 3.8) is 0 Å². The Balaban J connectivity index is 1.81. The number of ether oxygens (including phenoxy) is 2. The number of Topliss-reactive ketones (excluding diaryl/α,β-unsaturated/α-hetero) is 1. The number of methoxy groups -OCH3 is 2. The van der Waals surface area contributed by atoms with Gasteiger partial charge in [0.05, 0.1) is 24.8 Å². The standard InChI is InChI=1S/C24H28N2O5S/c1-6-14-7-18-19(25-20-12-24(2,3)13-21(27)23(18)20)11-22(14)32(28,29)26-15-8-16(30-4)10-17(9-15)31-5/h7-11,25-26H,6,12-13H2,1-5H3. The lowest BCUT2D eigenvalue weighted by Gasteiger charge is -2.28. The van der Waals surface area contributed by atoms with Crippen molar-refractivity contribution in [1.82, 2.24) is 4.98 Å². The van der Waals surface area contributed by atoms with Crippen LogP contribution in [0.4, 0.5) is 5.69 Å². The molecule has 1 heterocycles. The molecule has 2 aromatic carbocycles. The highest BCUT2D eigenvalue weighted by Crippen LogP contribution is 2.39. The summed E-state index contributed by atoms with van der Waals surface area (Å²) in [5.41, 5.74) is 3.10. The summed E-state index contributed by atoms with van der Waals surface area (Å²) in [5.74, 6) is 1.06. The number of ketones is 1. The third-order valence-electron chi connectivity index (χ3n) is 5.90. The van der Waals surface area contributed by atoms with Gasteiger partial charge in [0.1, 0.15) is 11.5 Å². The topological polar surface area (TPSA) is 97.5 Å². The van der Waals surface area contributed by atoms with Gasteiger partial charge >= 0.3 is 0 Å². The largest absolute Gasteiger partial charge is 0.497 e. The number of carbonyl (C=O) groups is 1. The monoisotopic (exact) mass is 456 g/mol. The van der Waals surface area contributed by atoms with E-state index in [2.05, 4.69) is 23.6 Å². The van der Waals surface area contributed by atoms with Gasteiger partial charge < -0.3 is 14.5 Å². The van der Waals surface area contributed by atoms with Crippen LogP contribution >= 0.6 is 0 Å². The molecule has 0 amide bonds. The number of rotatable bonds is 6. The summed E-state index contributed by atoms with van der Waals surface area (Å²) in [4.78, 5) is 16.3. The van der Waals surface area contributed by atoms with Crippen molar-refractivity contribution in [3.05, 3.63) is 47.2 Å². The molecule has 0 unspecified atom stereocenters. The molecule has 1 aliphatic rings. The van der Waals surface area contributed by atoms with Crippen LogP contribution in [0.1, 0.15) is 48.8 Å². The van der Waals surface area contributed by atoms with Crippen LogP contribution in [-0.2, 0) is 22.9 Å². The van der Waals surface area contributed by atoms with E-state index in [0.717, 1.165) is 17.5 Å². The highest BCUT2D eigenvalue weighted by Gasteiger charge is 2.34. The van der Waals surface area contributed by atoms with Gasteiger partial charge in [0.25, 0.3) is 10.0 Å². The molecule has 0 fully saturated rings. The lowest BCUT2D eigenvalue weighted by Crippen LogP contribution is -2.26. The summed E-state index contributed by atoms with van der Waals surface area (Å²) in [7, 11) is -0.890. The summed E-state index contributed by atoms with van der Waals surface area (Å²) in [5, 5.41) is 0.791. The number of aryl methyl sites for hydroxylation is 1. The van der Waals surface area contributed by atoms with Gasteiger partial charge in [-0.1, -0.05) is 20.8 Å². The maximum atomic E-state index is 13.4. The Bertz CT molecular complexity index is 1300. The Morgan fingerprint density at radius 2 is 1.69 bits per heavy atom. The predicted molar refractivity (Wildman–Crippen MR) is 124 cm³/mol. The summed E-state index contributed by atoms with van der Waals surface area (Å²) in [6, 6.07) is 8.33. The number of sulfonamides is 1. The first-order chi connectivity index (χ1) is 15.1. The van der Waals surface area contributed by atoms with Crippen LogP contribution in [0, 0.1) is 5.41 Å². The Morgan fingerprint density at radius 1 is 1.03 bits per heavy atom. The van der Waals surface area contributed by atoms with Crippen LogP contribution < -0.4 is 14.2 Å². The minimum atomic E-state index is -3.90. The van der Waals surface area contributed by atoms with Gasteiger partial charge in [-0.25, -0.2) is 8.42 Å². The highest BCUT2D eigenvalue weighted by molar-refractivity contribution is 7.92. The van der Waals surface area contributed by atoms with Crippen molar-refractivity contribution < 1.29 is 22.7 Å². The molecule has 1 aliphatic carbocycles. The smallest absolute Gasteiger partial charge is 0.262 e. The molecule has 3 aromatic rings. The predicted octanol–water partition coefficient (Wildman–Crippen LogP) is 4.70. The second kappa shape index (κ2) is 7.85. The summed E-state index contributed by atoms with van der Waals surface area (Å²) >= 11 is 0. The van der Waals surface area contributed by atoms with E-state index in [9.17, 15) is 13.2 Å². The summed E-state index contributed by atoms with van der Waals surface area (Å²) < 4.78 is 39.8. The second-order valence-corrected chi connectivity index (χ2v) is 10.6. The van der Waals surface area contributed by atoms with E-state index >= 15 is 0 Å². The quantitative estimate of drug-likeness (QED) is 0.560. The molecule has 0 aliphatic heterocycles. The van der Waals surface area contributed by atoms with Crippen LogP contribution in [0.25, 0.3) is 10.9 Å². The molecular formula is C24H28N2O5S. The molecule has 4 rings (SSSR count). The third-order valence-corrected chi connectivity index (χ3v) is 7.37. The first kappa shape index (κ1) is 22.2. The molecule has 0 spiro atoms. The maximum absolute atomic E-state index is 13.4. The van der Waals surface area contributed by atoms with E-state index in [-0.39, 0.29) is 16.1 Å². The number of aromatic amines is 1. The zero-order valence-electron chi connectivity index (χ0n) is 19.0.